The van der Waals surface area contributed by atoms with Crippen LogP contribution in [0.2, 0.25) is 0 Å². The van der Waals surface area contributed by atoms with Crippen LogP contribution in [-0.4, -0.2) is 17.8 Å². The maximum absolute atomic E-state index is 11.9. The van der Waals surface area contributed by atoms with Crippen LogP contribution in [0.3, 0.4) is 0 Å². The Morgan fingerprint density at radius 2 is 2.06 bits per heavy atom. The van der Waals surface area contributed by atoms with Gasteiger partial charge >= 0.3 is 0 Å². The van der Waals surface area contributed by atoms with Crippen LogP contribution in [0, 0.1) is 19.3 Å². The summed E-state index contributed by atoms with van der Waals surface area (Å²) in [6.07, 6.45) is 0.886. The van der Waals surface area contributed by atoms with Crippen LogP contribution in [0.25, 0.3) is 0 Å². The van der Waals surface area contributed by atoms with Gasteiger partial charge in [0.1, 0.15) is 0 Å². The first-order valence-electron chi connectivity index (χ1n) is 6.18. The van der Waals surface area contributed by atoms with E-state index < -0.39 is 0 Å². The van der Waals surface area contributed by atoms with E-state index in [1.807, 2.05) is 19.9 Å². The van der Waals surface area contributed by atoms with E-state index in [-0.39, 0.29) is 16.7 Å². The number of aryl methyl sites for hydroxylation is 2. The first-order valence-corrected chi connectivity index (χ1v) is 7.43. The Morgan fingerprint density at radius 3 is 2.50 bits per heavy atom. The number of alkyl halides is 1. The Bertz CT molecular complexity index is 400. The van der Waals surface area contributed by atoms with Gasteiger partial charge in [0, 0.05) is 11.4 Å². The lowest BCUT2D eigenvalue weighted by Crippen LogP contribution is -2.31. The average Bonchev–Trinajstić information content (AvgIpc) is 2.53. The second-order valence-corrected chi connectivity index (χ2v) is 7.80. The van der Waals surface area contributed by atoms with E-state index in [4.69, 9.17) is 11.6 Å². The molecule has 0 saturated heterocycles. The molecule has 4 heteroatoms. The largest absolute Gasteiger partial charge is 0.350 e. The minimum atomic E-state index is -0.0178. The quantitative estimate of drug-likeness (QED) is 0.829. The van der Waals surface area contributed by atoms with E-state index in [1.54, 1.807) is 0 Å². The molecule has 102 valence electrons. The zero-order chi connectivity index (χ0) is 13.9. The predicted molar refractivity (Wildman–Crippen MR) is 79.8 cm³/mol. The van der Waals surface area contributed by atoms with Gasteiger partial charge in [-0.15, -0.1) is 22.9 Å². The first kappa shape index (κ1) is 15.5. The maximum atomic E-state index is 11.9. The van der Waals surface area contributed by atoms with Crippen molar-refractivity contribution in [2.24, 2.45) is 5.41 Å². The molecule has 1 amide bonds. The number of nitrogens with one attached hydrogen (secondary N) is 1. The summed E-state index contributed by atoms with van der Waals surface area (Å²) in [7, 11) is 0. The molecule has 0 aliphatic heterocycles. The highest BCUT2D eigenvalue weighted by atomic mass is 35.5. The van der Waals surface area contributed by atoms with Gasteiger partial charge in [-0.1, -0.05) is 20.8 Å². The monoisotopic (exact) mass is 287 g/mol. The molecule has 1 atom stereocenters. The lowest BCUT2D eigenvalue weighted by molar-refractivity contribution is 0.0956. The van der Waals surface area contributed by atoms with Crippen molar-refractivity contribution in [2.75, 3.05) is 6.54 Å². The molecule has 0 fully saturated rings. The predicted octanol–water partition coefficient (Wildman–Crippen LogP) is 4.14. The third-order valence-electron chi connectivity index (χ3n) is 2.71. The van der Waals surface area contributed by atoms with Crippen LogP contribution in [0.15, 0.2) is 6.07 Å². The van der Waals surface area contributed by atoms with Crippen LogP contribution in [0.1, 0.15) is 47.3 Å². The first-order chi connectivity index (χ1) is 8.19. The van der Waals surface area contributed by atoms with E-state index in [0.717, 1.165) is 11.3 Å². The van der Waals surface area contributed by atoms with Crippen molar-refractivity contribution >= 4 is 28.8 Å². The highest BCUT2D eigenvalue weighted by Crippen LogP contribution is 2.24. The number of carbonyl (C=O) groups is 1. The van der Waals surface area contributed by atoms with E-state index in [9.17, 15) is 4.79 Å². The molecule has 0 aliphatic rings. The van der Waals surface area contributed by atoms with Crippen LogP contribution >= 0.6 is 22.9 Å². The van der Waals surface area contributed by atoms with E-state index in [2.05, 4.69) is 26.1 Å². The van der Waals surface area contributed by atoms with Gasteiger partial charge in [0.05, 0.1) is 10.3 Å². The Hall–Kier alpha value is -0.540. The average molecular weight is 288 g/mol. The summed E-state index contributed by atoms with van der Waals surface area (Å²) in [4.78, 5) is 13.9. The molecule has 1 unspecified atom stereocenters. The minimum Gasteiger partial charge on any atom is -0.350 e. The van der Waals surface area contributed by atoms with Gasteiger partial charge in [-0.3, -0.25) is 4.79 Å². The molecule has 0 aliphatic carbocycles. The van der Waals surface area contributed by atoms with Crippen molar-refractivity contribution in [3.63, 3.8) is 0 Å². The molecule has 0 bridgehead atoms. The summed E-state index contributed by atoms with van der Waals surface area (Å²) in [5.74, 6) is -0.0178. The number of thiophene rings is 1. The molecule has 0 aromatic carbocycles. The third-order valence-corrected chi connectivity index (χ3v) is 4.17. The maximum Gasteiger partial charge on any atom is 0.261 e. The van der Waals surface area contributed by atoms with Crippen LogP contribution in [0.5, 0.6) is 0 Å². The Kier molecular flexibility index (Phi) is 5.23. The van der Waals surface area contributed by atoms with Crippen molar-refractivity contribution in [2.45, 2.75) is 46.4 Å². The van der Waals surface area contributed by atoms with Gasteiger partial charge in [-0.25, -0.2) is 0 Å². The zero-order valence-electron chi connectivity index (χ0n) is 11.8. The molecular weight excluding hydrogens is 266 g/mol. The summed E-state index contributed by atoms with van der Waals surface area (Å²) >= 11 is 7.75. The Morgan fingerprint density at radius 1 is 1.44 bits per heavy atom. The van der Waals surface area contributed by atoms with Gasteiger partial charge < -0.3 is 5.32 Å². The SMILES string of the molecule is Cc1cc(C(=O)NCC(Cl)CC(C)(C)C)sc1C. The summed E-state index contributed by atoms with van der Waals surface area (Å²) in [6, 6.07) is 1.93. The van der Waals surface area contributed by atoms with E-state index in [0.29, 0.717) is 6.54 Å². The summed E-state index contributed by atoms with van der Waals surface area (Å²) < 4.78 is 0. The Labute approximate surface area is 119 Å². The number of carbonyl (C=O) groups excluding carboxylic acids is 1. The molecule has 1 aromatic heterocycles. The standard InChI is InChI=1S/C14H22ClNOS/c1-9-6-12(18-10(9)2)13(17)16-8-11(15)7-14(3,4)5/h6,11H,7-8H2,1-5H3,(H,16,17). The molecule has 0 radical (unpaired) electrons. The van der Waals surface area contributed by atoms with Crippen molar-refractivity contribution in [1.82, 2.24) is 5.32 Å². The lowest BCUT2D eigenvalue weighted by Gasteiger charge is -2.21. The highest BCUT2D eigenvalue weighted by Gasteiger charge is 2.18. The second-order valence-electron chi connectivity index (χ2n) is 5.92. The molecular formula is C14H22ClNOS. The fraction of sp³-hybridized carbons (Fsp3) is 0.643. The van der Waals surface area contributed by atoms with E-state index >= 15 is 0 Å². The van der Waals surface area contributed by atoms with Gasteiger partial charge in [0.25, 0.3) is 5.91 Å². The molecule has 18 heavy (non-hydrogen) atoms. The zero-order valence-corrected chi connectivity index (χ0v) is 13.3. The number of hydrogen-bond acceptors (Lipinski definition) is 2. The molecule has 0 saturated carbocycles. The third kappa shape index (κ3) is 4.99. The lowest BCUT2D eigenvalue weighted by atomic mass is 9.90. The van der Waals surface area contributed by atoms with Gasteiger partial charge in [0.2, 0.25) is 0 Å². The number of halogens is 1. The second kappa shape index (κ2) is 6.07. The fourth-order valence-electron chi connectivity index (χ4n) is 1.71. The van der Waals surface area contributed by atoms with Crippen molar-refractivity contribution < 1.29 is 4.79 Å². The van der Waals surface area contributed by atoms with Crippen LogP contribution < -0.4 is 5.32 Å². The molecule has 1 heterocycles. The van der Waals surface area contributed by atoms with Gasteiger partial charge in [-0.2, -0.15) is 0 Å². The summed E-state index contributed by atoms with van der Waals surface area (Å²) in [5, 5.41) is 2.88. The minimum absolute atomic E-state index is 0.0175. The van der Waals surface area contributed by atoms with Crippen LogP contribution in [0.4, 0.5) is 0 Å². The van der Waals surface area contributed by atoms with Crippen molar-refractivity contribution in [1.29, 1.82) is 0 Å². The molecule has 1 N–H and O–H groups in total. The molecule has 1 aromatic rings. The van der Waals surface area contributed by atoms with Crippen molar-refractivity contribution in [3.05, 3.63) is 21.4 Å². The van der Waals surface area contributed by atoms with Gasteiger partial charge in [0.15, 0.2) is 0 Å². The number of amides is 1. The summed E-state index contributed by atoms with van der Waals surface area (Å²) in [6.45, 7) is 11.0. The van der Waals surface area contributed by atoms with Gasteiger partial charge in [-0.05, 0) is 37.3 Å². The fourth-order valence-corrected chi connectivity index (χ4v) is 3.20. The van der Waals surface area contributed by atoms with Crippen molar-refractivity contribution in [3.8, 4) is 0 Å². The molecule has 1 rings (SSSR count). The summed E-state index contributed by atoms with van der Waals surface area (Å²) in [5.41, 5.74) is 1.36. The van der Waals surface area contributed by atoms with E-state index in [1.165, 1.54) is 21.8 Å². The molecule has 0 spiro atoms. The number of hydrogen-bond donors (Lipinski definition) is 1. The van der Waals surface area contributed by atoms with Crippen LogP contribution in [-0.2, 0) is 0 Å². The smallest absolute Gasteiger partial charge is 0.261 e. The number of rotatable bonds is 4. The molecule has 2 nitrogen and oxygen atoms in total. The normalized spacial score (nSPS) is 13.4. The Balaban J connectivity index is 2.46. The highest BCUT2D eigenvalue weighted by molar-refractivity contribution is 7.14. The topological polar surface area (TPSA) is 29.1 Å².